The van der Waals surface area contributed by atoms with Gasteiger partial charge in [-0.1, -0.05) is 44.2 Å². The van der Waals surface area contributed by atoms with E-state index in [1.807, 2.05) is 54.6 Å². The van der Waals surface area contributed by atoms with Gasteiger partial charge in [0.05, 0.1) is 0 Å². The monoisotopic (exact) mass is 239 g/mol. The standard InChI is InChI=1S/C16H17NO/c1-12(2)13-7-6-8-14(11-13)16(18)17-15-9-4-3-5-10-15/h3-12H,1-2H3,(H,17,18). The SMILES string of the molecule is CC(C)c1cccc(C(=O)Nc2ccccc2)c1. The maximum absolute atomic E-state index is 12.1. The molecule has 2 aromatic rings. The number of para-hydroxylation sites is 1. The molecule has 0 saturated carbocycles. The van der Waals surface area contributed by atoms with Crippen LogP contribution >= 0.6 is 0 Å². The molecule has 0 atom stereocenters. The third-order valence-corrected chi connectivity index (χ3v) is 2.85. The molecule has 0 aliphatic carbocycles. The Kier molecular flexibility index (Phi) is 3.78. The lowest BCUT2D eigenvalue weighted by molar-refractivity contribution is 0.102. The first kappa shape index (κ1) is 12.4. The van der Waals surface area contributed by atoms with E-state index in [4.69, 9.17) is 0 Å². The van der Waals surface area contributed by atoms with Crippen LogP contribution in [0.3, 0.4) is 0 Å². The molecule has 0 fully saturated rings. The van der Waals surface area contributed by atoms with Crippen LogP contribution < -0.4 is 5.32 Å². The minimum Gasteiger partial charge on any atom is -0.322 e. The van der Waals surface area contributed by atoms with Crippen LogP contribution in [-0.4, -0.2) is 5.91 Å². The van der Waals surface area contributed by atoms with Crippen LogP contribution in [0.15, 0.2) is 54.6 Å². The van der Waals surface area contributed by atoms with E-state index in [1.54, 1.807) is 0 Å². The fourth-order valence-corrected chi connectivity index (χ4v) is 1.76. The van der Waals surface area contributed by atoms with Gasteiger partial charge in [-0.15, -0.1) is 0 Å². The molecular formula is C16H17NO. The summed E-state index contributed by atoms with van der Waals surface area (Å²) in [6.45, 7) is 4.24. The van der Waals surface area contributed by atoms with Crippen molar-refractivity contribution in [3.05, 3.63) is 65.7 Å². The first-order valence-electron chi connectivity index (χ1n) is 6.13. The molecule has 0 aliphatic heterocycles. The molecule has 1 N–H and O–H groups in total. The van der Waals surface area contributed by atoms with E-state index in [0.29, 0.717) is 11.5 Å². The second-order valence-electron chi connectivity index (χ2n) is 4.60. The second kappa shape index (κ2) is 5.50. The fourth-order valence-electron chi connectivity index (χ4n) is 1.76. The number of amides is 1. The maximum atomic E-state index is 12.1. The average Bonchev–Trinajstić information content (AvgIpc) is 2.40. The Morgan fingerprint density at radius 1 is 1.00 bits per heavy atom. The van der Waals surface area contributed by atoms with E-state index in [-0.39, 0.29) is 5.91 Å². The zero-order chi connectivity index (χ0) is 13.0. The number of anilines is 1. The summed E-state index contributed by atoms with van der Waals surface area (Å²) in [5.41, 5.74) is 2.69. The van der Waals surface area contributed by atoms with E-state index in [2.05, 4.69) is 19.2 Å². The number of carbonyl (C=O) groups excluding carboxylic acids is 1. The highest BCUT2D eigenvalue weighted by Gasteiger charge is 2.07. The van der Waals surface area contributed by atoms with E-state index in [0.717, 1.165) is 5.69 Å². The lowest BCUT2D eigenvalue weighted by Crippen LogP contribution is -2.12. The molecule has 0 spiro atoms. The van der Waals surface area contributed by atoms with Gasteiger partial charge in [0, 0.05) is 11.3 Å². The minimum absolute atomic E-state index is 0.0660. The van der Waals surface area contributed by atoms with Crippen LogP contribution in [0.25, 0.3) is 0 Å². The summed E-state index contributed by atoms with van der Waals surface area (Å²) in [5, 5.41) is 2.89. The Morgan fingerprint density at radius 2 is 1.72 bits per heavy atom. The summed E-state index contributed by atoms with van der Waals surface area (Å²) in [5.74, 6) is 0.359. The number of nitrogens with one attached hydrogen (secondary N) is 1. The summed E-state index contributed by atoms with van der Waals surface area (Å²) in [7, 11) is 0. The molecule has 0 aliphatic rings. The summed E-state index contributed by atoms with van der Waals surface area (Å²) in [6, 6.07) is 17.2. The molecule has 0 saturated heterocycles. The Morgan fingerprint density at radius 3 is 2.39 bits per heavy atom. The Hall–Kier alpha value is -2.09. The van der Waals surface area contributed by atoms with Gasteiger partial charge >= 0.3 is 0 Å². The number of carbonyl (C=O) groups is 1. The second-order valence-corrected chi connectivity index (χ2v) is 4.60. The van der Waals surface area contributed by atoms with Crippen molar-refractivity contribution in [1.29, 1.82) is 0 Å². The van der Waals surface area contributed by atoms with Crippen LogP contribution in [0.1, 0.15) is 35.7 Å². The van der Waals surface area contributed by atoms with E-state index >= 15 is 0 Å². The van der Waals surface area contributed by atoms with E-state index in [1.165, 1.54) is 5.56 Å². The van der Waals surface area contributed by atoms with Crippen molar-refractivity contribution in [2.45, 2.75) is 19.8 Å². The third-order valence-electron chi connectivity index (χ3n) is 2.85. The van der Waals surface area contributed by atoms with Crippen molar-refractivity contribution in [3.63, 3.8) is 0 Å². The molecule has 18 heavy (non-hydrogen) atoms. The van der Waals surface area contributed by atoms with Crippen molar-refractivity contribution in [1.82, 2.24) is 0 Å². The molecule has 2 aromatic carbocycles. The predicted octanol–water partition coefficient (Wildman–Crippen LogP) is 4.06. The van der Waals surface area contributed by atoms with Crippen LogP contribution in [0.5, 0.6) is 0 Å². The molecule has 0 bridgehead atoms. The van der Waals surface area contributed by atoms with Gasteiger partial charge in [0.2, 0.25) is 0 Å². The zero-order valence-electron chi connectivity index (χ0n) is 10.7. The topological polar surface area (TPSA) is 29.1 Å². The highest BCUT2D eigenvalue weighted by Crippen LogP contribution is 2.16. The number of rotatable bonds is 3. The van der Waals surface area contributed by atoms with Gasteiger partial charge < -0.3 is 5.32 Å². The summed E-state index contributed by atoms with van der Waals surface area (Å²) < 4.78 is 0. The maximum Gasteiger partial charge on any atom is 0.255 e. The predicted molar refractivity (Wildman–Crippen MR) is 74.9 cm³/mol. The Bertz CT molecular complexity index is 532. The molecule has 2 nitrogen and oxygen atoms in total. The molecule has 2 heteroatoms. The van der Waals surface area contributed by atoms with Gasteiger partial charge in [0.15, 0.2) is 0 Å². The van der Waals surface area contributed by atoms with Crippen LogP contribution in [0.2, 0.25) is 0 Å². The molecule has 92 valence electrons. The summed E-state index contributed by atoms with van der Waals surface area (Å²) in [6.07, 6.45) is 0. The van der Waals surface area contributed by atoms with Gasteiger partial charge in [-0.25, -0.2) is 0 Å². The number of benzene rings is 2. The molecule has 0 heterocycles. The quantitative estimate of drug-likeness (QED) is 0.859. The van der Waals surface area contributed by atoms with Gasteiger partial charge in [-0.05, 0) is 35.7 Å². The van der Waals surface area contributed by atoms with Crippen molar-refractivity contribution < 1.29 is 4.79 Å². The molecule has 0 aromatic heterocycles. The normalized spacial score (nSPS) is 10.4. The highest BCUT2D eigenvalue weighted by atomic mass is 16.1. The van der Waals surface area contributed by atoms with Gasteiger partial charge in [-0.2, -0.15) is 0 Å². The Labute approximate surface area is 108 Å². The Balaban J connectivity index is 2.16. The molecule has 0 unspecified atom stereocenters. The average molecular weight is 239 g/mol. The third kappa shape index (κ3) is 2.98. The van der Waals surface area contributed by atoms with Crippen molar-refractivity contribution in [2.24, 2.45) is 0 Å². The first-order valence-corrected chi connectivity index (χ1v) is 6.13. The van der Waals surface area contributed by atoms with Crippen molar-refractivity contribution in [2.75, 3.05) is 5.32 Å². The van der Waals surface area contributed by atoms with Crippen LogP contribution in [0, 0.1) is 0 Å². The zero-order valence-corrected chi connectivity index (χ0v) is 10.7. The first-order chi connectivity index (χ1) is 8.66. The summed E-state index contributed by atoms with van der Waals surface area (Å²) in [4.78, 5) is 12.1. The molecule has 0 radical (unpaired) electrons. The van der Waals surface area contributed by atoms with Crippen molar-refractivity contribution in [3.8, 4) is 0 Å². The largest absolute Gasteiger partial charge is 0.322 e. The lowest BCUT2D eigenvalue weighted by Gasteiger charge is -2.08. The van der Waals surface area contributed by atoms with Crippen molar-refractivity contribution >= 4 is 11.6 Å². The molecular weight excluding hydrogens is 222 g/mol. The molecule has 1 amide bonds. The number of hydrogen-bond donors (Lipinski definition) is 1. The number of hydrogen-bond acceptors (Lipinski definition) is 1. The smallest absolute Gasteiger partial charge is 0.255 e. The van der Waals surface area contributed by atoms with Gasteiger partial charge in [0.1, 0.15) is 0 Å². The van der Waals surface area contributed by atoms with E-state index in [9.17, 15) is 4.79 Å². The van der Waals surface area contributed by atoms with Gasteiger partial charge in [-0.3, -0.25) is 4.79 Å². The highest BCUT2D eigenvalue weighted by molar-refractivity contribution is 6.04. The van der Waals surface area contributed by atoms with E-state index < -0.39 is 0 Å². The summed E-state index contributed by atoms with van der Waals surface area (Å²) >= 11 is 0. The van der Waals surface area contributed by atoms with Crippen LogP contribution in [-0.2, 0) is 0 Å². The van der Waals surface area contributed by atoms with Gasteiger partial charge in [0.25, 0.3) is 5.91 Å². The lowest BCUT2D eigenvalue weighted by atomic mass is 10.0. The molecule has 2 rings (SSSR count). The van der Waals surface area contributed by atoms with Crippen LogP contribution in [0.4, 0.5) is 5.69 Å². The fraction of sp³-hybridized carbons (Fsp3) is 0.188. The minimum atomic E-state index is -0.0660.